The van der Waals surface area contributed by atoms with E-state index in [-0.39, 0.29) is 17.4 Å². The molecule has 0 bridgehead atoms. The number of carbonyl (C=O) groups excluding carboxylic acids is 2. The van der Waals surface area contributed by atoms with E-state index in [0.29, 0.717) is 39.0 Å². The van der Waals surface area contributed by atoms with E-state index in [1.807, 2.05) is 65.8 Å². The summed E-state index contributed by atoms with van der Waals surface area (Å²) in [6.45, 7) is 13.4. The molecule has 2 amide bonds. The van der Waals surface area contributed by atoms with Crippen molar-refractivity contribution in [2.75, 3.05) is 26.2 Å². The zero-order valence-corrected chi connectivity index (χ0v) is 24.2. The standard InChI is InChI=1S/C30H40N2O5S/c1-29(2,3)36-27(33)31-17-13-21(14-18-31)23-11-12-26(25-10-8-7-9-24(23)25)38(35)22-15-19-32(20-16-22)28(34)37-30(4,5)6/h7-13,22H,14-20H2,1-6H3. The van der Waals surface area contributed by atoms with E-state index < -0.39 is 22.4 Å². The van der Waals surface area contributed by atoms with Gasteiger partial charge in [0.2, 0.25) is 0 Å². The number of rotatable bonds is 3. The van der Waals surface area contributed by atoms with Crippen LogP contribution in [0.1, 0.15) is 66.4 Å². The van der Waals surface area contributed by atoms with Gasteiger partial charge in [0.05, 0.1) is 0 Å². The van der Waals surface area contributed by atoms with Crippen molar-refractivity contribution in [1.29, 1.82) is 0 Å². The number of ether oxygens (including phenoxy) is 2. The van der Waals surface area contributed by atoms with Gasteiger partial charge in [-0.05, 0) is 93.9 Å². The smallest absolute Gasteiger partial charge is 0.410 e. The molecule has 1 fully saturated rings. The lowest BCUT2D eigenvalue weighted by molar-refractivity contribution is 0.0215. The zero-order valence-electron chi connectivity index (χ0n) is 23.4. The first kappa shape index (κ1) is 28.3. The molecule has 0 saturated carbocycles. The number of benzene rings is 2. The van der Waals surface area contributed by atoms with Crippen molar-refractivity contribution in [2.24, 2.45) is 0 Å². The lowest BCUT2D eigenvalue weighted by Crippen LogP contribution is -2.44. The van der Waals surface area contributed by atoms with Crippen molar-refractivity contribution in [1.82, 2.24) is 9.80 Å². The van der Waals surface area contributed by atoms with Crippen LogP contribution < -0.4 is 0 Å². The maximum atomic E-state index is 13.7. The number of piperidine rings is 1. The predicted molar refractivity (Wildman–Crippen MR) is 152 cm³/mol. The SMILES string of the molecule is CC(C)(C)OC(=O)N1CC=C(c2ccc([S+]([O-])C3CCN(C(=O)OC(C)(C)C)CC3)c3ccccc23)CC1. The third-order valence-corrected chi connectivity index (χ3v) is 8.57. The first-order valence-corrected chi connectivity index (χ1v) is 14.6. The second kappa shape index (κ2) is 11.2. The van der Waals surface area contributed by atoms with Gasteiger partial charge in [0.25, 0.3) is 0 Å². The molecule has 2 aromatic rings. The molecule has 0 radical (unpaired) electrons. The summed E-state index contributed by atoms with van der Waals surface area (Å²) in [5, 5.41) is 2.05. The van der Waals surface area contributed by atoms with Gasteiger partial charge in [0.1, 0.15) is 16.5 Å². The molecule has 7 nitrogen and oxygen atoms in total. The minimum atomic E-state index is -1.19. The Kier molecular flexibility index (Phi) is 8.33. The van der Waals surface area contributed by atoms with Gasteiger partial charge in [0.15, 0.2) is 4.90 Å². The van der Waals surface area contributed by atoms with E-state index in [1.54, 1.807) is 9.80 Å². The van der Waals surface area contributed by atoms with Gasteiger partial charge in [-0.25, -0.2) is 9.59 Å². The molecule has 1 saturated heterocycles. The summed E-state index contributed by atoms with van der Waals surface area (Å²) in [6, 6.07) is 12.2. The molecule has 0 aromatic heterocycles. The van der Waals surface area contributed by atoms with Crippen LogP contribution in [-0.2, 0) is 20.6 Å². The van der Waals surface area contributed by atoms with Crippen LogP contribution in [0.15, 0.2) is 47.4 Å². The summed E-state index contributed by atoms with van der Waals surface area (Å²) in [6.07, 6.45) is 3.58. The highest BCUT2D eigenvalue weighted by atomic mass is 32.2. The van der Waals surface area contributed by atoms with E-state index in [0.717, 1.165) is 27.7 Å². The highest BCUT2D eigenvalue weighted by Crippen LogP contribution is 2.36. The fourth-order valence-electron chi connectivity index (χ4n) is 4.89. The van der Waals surface area contributed by atoms with Crippen molar-refractivity contribution in [3.8, 4) is 0 Å². The molecule has 0 aliphatic carbocycles. The highest BCUT2D eigenvalue weighted by molar-refractivity contribution is 7.92. The Morgan fingerprint density at radius 1 is 0.842 bits per heavy atom. The van der Waals surface area contributed by atoms with Crippen LogP contribution in [0, 0.1) is 0 Å². The molecule has 8 heteroatoms. The van der Waals surface area contributed by atoms with Gasteiger partial charge >= 0.3 is 12.2 Å². The molecule has 2 aliphatic heterocycles. The Labute approximate surface area is 229 Å². The number of hydrogen-bond acceptors (Lipinski definition) is 5. The van der Waals surface area contributed by atoms with Crippen molar-refractivity contribution < 1.29 is 23.6 Å². The lowest BCUT2D eigenvalue weighted by Gasteiger charge is -2.34. The monoisotopic (exact) mass is 540 g/mol. The van der Waals surface area contributed by atoms with Crippen LogP contribution in [0.25, 0.3) is 16.3 Å². The lowest BCUT2D eigenvalue weighted by atomic mass is 9.94. The third kappa shape index (κ3) is 6.83. The summed E-state index contributed by atoms with van der Waals surface area (Å²) in [4.78, 5) is 29.2. The molecule has 206 valence electrons. The van der Waals surface area contributed by atoms with Gasteiger partial charge in [0, 0.05) is 44.4 Å². The molecule has 1 unspecified atom stereocenters. The number of hydrogen-bond donors (Lipinski definition) is 0. The number of nitrogens with zero attached hydrogens (tertiary/aromatic N) is 2. The van der Waals surface area contributed by atoms with Crippen LogP contribution in [0.5, 0.6) is 0 Å². The Balaban J connectivity index is 1.48. The average molecular weight is 541 g/mol. The summed E-state index contributed by atoms with van der Waals surface area (Å²) >= 11 is -1.19. The van der Waals surface area contributed by atoms with Crippen LogP contribution in [0.3, 0.4) is 0 Å². The summed E-state index contributed by atoms with van der Waals surface area (Å²) < 4.78 is 24.8. The fourth-order valence-corrected chi connectivity index (χ4v) is 6.49. The molecule has 0 spiro atoms. The fraction of sp³-hybridized carbons (Fsp3) is 0.533. The van der Waals surface area contributed by atoms with Gasteiger partial charge in [-0.3, -0.25) is 0 Å². The van der Waals surface area contributed by atoms with Gasteiger partial charge in [-0.2, -0.15) is 0 Å². The molecule has 0 N–H and O–H groups in total. The Hall–Kier alpha value is -2.71. The molecule has 2 aromatic carbocycles. The number of carbonyl (C=O) groups is 2. The Bertz CT molecular complexity index is 1210. The minimum Gasteiger partial charge on any atom is -0.611 e. The number of amides is 2. The van der Waals surface area contributed by atoms with Crippen molar-refractivity contribution >= 4 is 39.7 Å². The second-order valence-corrected chi connectivity index (χ2v) is 13.7. The minimum absolute atomic E-state index is 0.0146. The van der Waals surface area contributed by atoms with E-state index in [1.165, 1.54) is 5.57 Å². The maximum Gasteiger partial charge on any atom is 0.410 e. The van der Waals surface area contributed by atoms with E-state index in [9.17, 15) is 14.1 Å². The maximum absolute atomic E-state index is 13.7. The van der Waals surface area contributed by atoms with Gasteiger partial charge in [-0.1, -0.05) is 24.3 Å². The van der Waals surface area contributed by atoms with E-state index >= 15 is 0 Å². The quantitative estimate of drug-likeness (QED) is 0.423. The second-order valence-electron chi connectivity index (χ2n) is 12.0. The molecule has 2 aliphatic rings. The molecule has 4 rings (SSSR count). The van der Waals surface area contributed by atoms with Crippen molar-refractivity contribution in [3.05, 3.63) is 48.0 Å². The first-order chi connectivity index (χ1) is 17.8. The molecular weight excluding hydrogens is 500 g/mol. The number of fused-ring (bicyclic) bond motifs is 1. The largest absolute Gasteiger partial charge is 0.611 e. The van der Waals surface area contributed by atoms with E-state index in [4.69, 9.17) is 9.47 Å². The zero-order chi connectivity index (χ0) is 27.7. The summed E-state index contributed by atoms with van der Waals surface area (Å²) in [5.41, 5.74) is 1.25. The van der Waals surface area contributed by atoms with Crippen LogP contribution in [-0.4, -0.2) is 69.2 Å². The van der Waals surface area contributed by atoms with Crippen LogP contribution in [0.4, 0.5) is 9.59 Å². The first-order valence-electron chi connectivity index (χ1n) is 13.4. The van der Waals surface area contributed by atoms with Crippen molar-refractivity contribution in [3.63, 3.8) is 0 Å². The topological polar surface area (TPSA) is 82.1 Å². The van der Waals surface area contributed by atoms with Crippen LogP contribution in [0.2, 0.25) is 0 Å². The molecule has 2 heterocycles. The molecule has 1 atom stereocenters. The van der Waals surface area contributed by atoms with Gasteiger partial charge < -0.3 is 23.8 Å². The van der Waals surface area contributed by atoms with E-state index in [2.05, 4.69) is 18.2 Å². The third-order valence-electron chi connectivity index (χ3n) is 6.70. The van der Waals surface area contributed by atoms with Crippen molar-refractivity contribution in [2.45, 2.75) is 82.2 Å². The molecule has 38 heavy (non-hydrogen) atoms. The van der Waals surface area contributed by atoms with Crippen LogP contribution >= 0.6 is 0 Å². The normalized spacial score (nSPS) is 18.2. The average Bonchev–Trinajstić information content (AvgIpc) is 2.86. The Morgan fingerprint density at radius 3 is 1.97 bits per heavy atom. The highest BCUT2D eigenvalue weighted by Gasteiger charge is 2.34. The Morgan fingerprint density at radius 2 is 1.42 bits per heavy atom. The van der Waals surface area contributed by atoms with Gasteiger partial charge in [-0.15, -0.1) is 0 Å². The predicted octanol–water partition coefficient (Wildman–Crippen LogP) is 6.37. The molecular formula is C30H40N2O5S. The summed E-state index contributed by atoms with van der Waals surface area (Å²) in [7, 11) is 0. The number of likely N-dealkylation sites (tertiary alicyclic amines) is 1. The summed E-state index contributed by atoms with van der Waals surface area (Å²) in [5.74, 6) is 0.